The molecule has 0 amide bonds. The number of benzene rings is 1. The molecule has 0 aliphatic heterocycles. The molecule has 1 nitrogen and oxygen atoms in total. The van der Waals surface area contributed by atoms with Gasteiger partial charge in [0.1, 0.15) is 0 Å². The lowest BCUT2D eigenvalue weighted by Crippen LogP contribution is -2.32. The Morgan fingerprint density at radius 3 is 2.50 bits per heavy atom. The SMILES string of the molecule is CSCCC(C)NC(c1ccc(C)cc1)C1CC1. The second-order valence-corrected chi connectivity index (χ2v) is 6.56. The van der Waals surface area contributed by atoms with Crippen LogP contribution in [-0.4, -0.2) is 18.1 Å². The Kier molecular flexibility index (Phi) is 5.13. The Balaban J connectivity index is 1.97. The van der Waals surface area contributed by atoms with E-state index in [0.717, 1.165) is 5.92 Å². The van der Waals surface area contributed by atoms with Gasteiger partial charge >= 0.3 is 0 Å². The highest BCUT2D eigenvalue weighted by Crippen LogP contribution is 2.41. The zero-order valence-electron chi connectivity index (χ0n) is 11.8. The van der Waals surface area contributed by atoms with Crippen molar-refractivity contribution in [3.63, 3.8) is 0 Å². The van der Waals surface area contributed by atoms with Crippen LogP contribution in [0.25, 0.3) is 0 Å². The first-order valence-electron chi connectivity index (χ1n) is 7.02. The van der Waals surface area contributed by atoms with E-state index in [-0.39, 0.29) is 0 Å². The van der Waals surface area contributed by atoms with E-state index in [2.05, 4.69) is 49.7 Å². The molecule has 2 heteroatoms. The van der Waals surface area contributed by atoms with E-state index in [9.17, 15) is 0 Å². The molecule has 0 bridgehead atoms. The largest absolute Gasteiger partial charge is 0.307 e. The van der Waals surface area contributed by atoms with Crippen LogP contribution in [0.5, 0.6) is 0 Å². The van der Waals surface area contributed by atoms with E-state index in [1.165, 1.54) is 36.1 Å². The van der Waals surface area contributed by atoms with Crippen LogP contribution in [-0.2, 0) is 0 Å². The lowest BCUT2D eigenvalue weighted by atomic mass is 10.00. The molecule has 0 radical (unpaired) electrons. The molecule has 1 N–H and O–H groups in total. The zero-order chi connectivity index (χ0) is 13.0. The van der Waals surface area contributed by atoms with E-state index < -0.39 is 0 Å². The van der Waals surface area contributed by atoms with Crippen LogP contribution < -0.4 is 5.32 Å². The van der Waals surface area contributed by atoms with Crippen molar-refractivity contribution in [2.45, 2.75) is 45.2 Å². The summed E-state index contributed by atoms with van der Waals surface area (Å²) in [5, 5.41) is 3.84. The van der Waals surface area contributed by atoms with Gasteiger partial charge in [0.15, 0.2) is 0 Å². The predicted molar refractivity (Wildman–Crippen MR) is 82.2 cm³/mol. The zero-order valence-corrected chi connectivity index (χ0v) is 12.6. The molecule has 0 heterocycles. The summed E-state index contributed by atoms with van der Waals surface area (Å²) >= 11 is 1.94. The quantitative estimate of drug-likeness (QED) is 0.792. The van der Waals surface area contributed by atoms with Gasteiger partial charge in [-0.2, -0.15) is 11.8 Å². The van der Waals surface area contributed by atoms with Crippen molar-refractivity contribution in [2.75, 3.05) is 12.0 Å². The molecule has 1 saturated carbocycles. The minimum Gasteiger partial charge on any atom is -0.307 e. The molecular formula is C16H25NS. The Hall–Kier alpha value is -0.470. The van der Waals surface area contributed by atoms with Crippen LogP contribution in [0.3, 0.4) is 0 Å². The van der Waals surface area contributed by atoms with Crippen molar-refractivity contribution < 1.29 is 0 Å². The molecule has 1 aliphatic rings. The van der Waals surface area contributed by atoms with E-state index in [1.807, 2.05) is 11.8 Å². The normalized spacial score (nSPS) is 18.6. The number of thioether (sulfide) groups is 1. The standard InChI is InChI=1S/C16H25NS/c1-12-4-6-14(7-5-12)16(15-8-9-15)17-13(2)10-11-18-3/h4-7,13,15-17H,8-11H2,1-3H3. The minimum absolute atomic E-state index is 0.572. The Bertz CT molecular complexity index is 356. The summed E-state index contributed by atoms with van der Waals surface area (Å²) in [6, 6.07) is 10.3. The first-order valence-corrected chi connectivity index (χ1v) is 8.41. The van der Waals surface area contributed by atoms with E-state index in [0.29, 0.717) is 12.1 Å². The van der Waals surface area contributed by atoms with Gasteiger partial charge in [-0.05, 0) is 56.6 Å². The van der Waals surface area contributed by atoms with Gasteiger partial charge in [0.05, 0.1) is 0 Å². The van der Waals surface area contributed by atoms with Crippen molar-refractivity contribution in [3.05, 3.63) is 35.4 Å². The molecule has 1 aliphatic carbocycles. The highest BCUT2D eigenvalue weighted by atomic mass is 32.2. The molecular weight excluding hydrogens is 238 g/mol. The van der Waals surface area contributed by atoms with Gasteiger partial charge in [-0.1, -0.05) is 29.8 Å². The van der Waals surface area contributed by atoms with Crippen molar-refractivity contribution in [1.29, 1.82) is 0 Å². The van der Waals surface area contributed by atoms with Crippen LogP contribution in [0.1, 0.15) is 43.4 Å². The maximum absolute atomic E-state index is 3.84. The number of nitrogens with one attached hydrogen (secondary N) is 1. The minimum atomic E-state index is 0.572. The third-order valence-corrected chi connectivity index (χ3v) is 4.39. The molecule has 2 rings (SSSR count). The number of hydrogen-bond acceptors (Lipinski definition) is 2. The second kappa shape index (κ2) is 6.63. The summed E-state index contributed by atoms with van der Waals surface area (Å²) in [4.78, 5) is 0. The fraction of sp³-hybridized carbons (Fsp3) is 0.625. The summed E-state index contributed by atoms with van der Waals surface area (Å²) in [7, 11) is 0. The van der Waals surface area contributed by atoms with Crippen molar-refractivity contribution in [2.24, 2.45) is 5.92 Å². The third kappa shape index (κ3) is 4.03. The summed E-state index contributed by atoms with van der Waals surface area (Å²) in [6.07, 6.45) is 6.23. The summed E-state index contributed by atoms with van der Waals surface area (Å²) in [5.41, 5.74) is 2.82. The molecule has 100 valence electrons. The van der Waals surface area contributed by atoms with Gasteiger partial charge in [0.2, 0.25) is 0 Å². The summed E-state index contributed by atoms with van der Waals surface area (Å²) in [5.74, 6) is 2.11. The highest BCUT2D eigenvalue weighted by molar-refractivity contribution is 7.98. The second-order valence-electron chi connectivity index (χ2n) is 5.57. The van der Waals surface area contributed by atoms with Gasteiger partial charge < -0.3 is 5.32 Å². The van der Waals surface area contributed by atoms with Crippen molar-refractivity contribution in [1.82, 2.24) is 5.32 Å². The summed E-state index contributed by atoms with van der Waals surface area (Å²) in [6.45, 7) is 4.48. The molecule has 2 atom stereocenters. The molecule has 2 unspecified atom stereocenters. The number of hydrogen-bond donors (Lipinski definition) is 1. The van der Waals surface area contributed by atoms with Crippen LogP contribution in [0.15, 0.2) is 24.3 Å². The van der Waals surface area contributed by atoms with Crippen molar-refractivity contribution >= 4 is 11.8 Å². The molecule has 1 fully saturated rings. The number of aryl methyl sites for hydroxylation is 1. The predicted octanol–water partition coefficient (Wildman–Crippen LogP) is 4.18. The fourth-order valence-corrected chi connectivity index (χ4v) is 2.98. The van der Waals surface area contributed by atoms with Gasteiger partial charge in [0, 0.05) is 12.1 Å². The lowest BCUT2D eigenvalue weighted by molar-refractivity contribution is 0.414. The highest BCUT2D eigenvalue weighted by Gasteiger charge is 2.32. The van der Waals surface area contributed by atoms with Crippen LogP contribution in [0, 0.1) is 12.8 Å². The smallest absolute Gasteiger partial charge is 0.0350 e. The van der Waals surface area contributed by atoms with Crippen LogP contribution in [0.2, 0.25) is 0 Å². The molecule has 0 spiro atoms. The van der Waals surface area contributed by atoms with Gasteiger partial charge in [-0.15, -0.1) is 0 Å². The third-order valence-electron chi connectivity index (χ3n) is 3.75. The molecule has 18 heavy (non-hydrogen) atoms. The maximum Gasteiger partial charge on any atom is 0.0350 e. The molecule has 0 aromatic heterocycles. The monoisotopic (exact) mass is 263 g/mol. The Morgan fingerprint density at radius 1 is 1.28 bits per heavy atom. The van der Waals surface area contributed by atoms with Crippen molar-refractivity contribution in [3.8, 4) is 0 Å². The molecule has 0 saturated heterocycles. The average molecular weight is 263 g/mol. The van der Waals surface area contributed by atoms with E-state index >= 15 is 0 Å². The van der Waals surface area contributed by atoms with Gasteiger partial charge in [-0.25, -0.2) is 0 Å². The summed E-state index contributed by atoms with van der Waals surface area (Å²) < 4.78 is 0. The van der Waals surface area contributed by atoms with Gasteiger partial charge in [-0.3, -0.25) is 0 Å². The first-order chi connectivity index (χ1) is 8.70. The maximum atomic E-state index is 3.84. The van der Waals surface area contributed by atoms with Crippen LogP contribution >= 0.6 is 11.8 Å². The van der Waals surface area contributed by atoms with Crippen LogP contribution in [0.4, 0.5) is 0 Å². The molecule has 1 aromatic rings. The Labute approximate surface area is 116 Å². The lowest BCUT2D eigenvalue weighted by Gasteiger charge is -2.24. The van der Waals surface area contributed by atoms with E-state index in [1.54, 1.807) is 0 Å². The van der Waals surface area contributed by atoms with Gasteiger partial charge in [0.25, 0.3) is 0 Å². The fourth-order valence-electron chi connectivity index (χ4n) is 2.39. The van der Waals surface area contributed by atoms with E-state index in [4.69, 9.17) is 0 Å². The topological polar surface area (TPSA) is 12.0 Å². The molecule has 1 aromatic carbocycles. The first kappa shape index (κ1) is 14.0. The number of rotatable bonds is 7. The average Bonchev–Trinajstić information content (AvgIpc) is 3.19. The Morgan fingerprint density at radius 2 is 1.94 bits per heavy atom.